The SMILES string of the molecule is CC(C)NC(=O)CN1CCN(C(=O)Cc2c[nH]c3ccccc23)CC1. The van der Waals surface area contributed by atoms with Gasteiger partial charge in [0.25, 0.3) is 0 Å². The Bertz CT molecular complexity index is 745. The number of nitrogens with zero attached hydrogens (tertiary/aromatic N) is 2. The Morgan fingerprint density at radius 3 is 2.60 bits per heavy atom. The van der Waals surface area contributed by atoms with Crippen LogP contribution < -0.4 is 5.32 Å². The zero-order valence-corrected chi connectivity index (χ0v) is 14.9. The van der Waals surface area contributed by atoms with Crippen molar-refractivity contribution in [2.45, 2.75) is 26.3 Å². The van der Waals surface area contributed by atoms with Crippen LogP contribution in [0.25, 0.3) is 10.9 Å². The first-order valence-electron chi connectivity index (χ1n) is 8.87. The van der Waals surface area contributed by atoms with Gasteiger partial charge in [-0.3, -0.25) is 14.5 Å². The molecule has 0 aliphatic carbocycles. The number of hydrogen-bond acceptors (Lipinski definition) is 3. The van der Waals surface area contributed by atoms with Gasteiger partial charge in [-0.2, -0.15) is 0 Å². The van der Waals surface area contributed by atoms with E-state index in [0.717, 1.165) is 29.6 Å². The number of para-hydroxylation sites is 1. The lowest BCUT2D eigenvalue weighted by Gasteiger charge is -2.34. The summed E-state index contributed by atoms with van der Waals surface area (Å²) in [6, 6.07) is 8.19. The van der Waals surface area contributed by atoms with Crippen molar-refractivity contribution in [2.24, 2.45) is 0 Å². The second-order valence-corrected chi connectivity index (χ2v) is 6.92. The maximum Gasteiger partial charge on any atom is 0.234 e. The van der Waals surface area contributed by atoms with Crippen molar-refractivity contribution in [2.75, 3.05) is 32.7 Å². The maximum atomic E-state index is 12.6. The van der Waals surface area contributed by atoms with Gasteiger partial charge >= 0.3 is 0 Å². The number of carbonyl (C=O) groups excluding carboxylic acids is 2. The number of benzene rings is 1. The number of aromatic amines is 1. The topological polar surface area (TPSA) is 68.4 Å². The van der Waals surface area contributed by atoms with E-state index in [2.05, 4.69) is 15.2 Å². The summed E-state index contributed by atoms with van der Waals surface area (Å²) in [6.07, 6.45) is 2.34. The number of H-pyrrole nitrogens is 1. The first-order chi connectivity index (χ1) is 12.0. The van der Waals surface area contributed by atoms with E-state index in [1.165, 1.54) is 0 Å². The molecular formula is C19H26N4O2. The Morgan fingerprint density at radius 1 is 1.16 bits per heavy atom. The second-order valence-electron chi connectivity index (χ2n) is 6.92. The average molecular weight is 342 g/mol. The van der Waals surface area contributed by atoms with Gasteiger partial charge in [0.1, 0.15) is 0 Å². The van der Waals surface area contributed by atoms with E-state index in [4.69, 9.17) is 0 Å². The number of carbonyl (C=O) groups is 2. The molecule has 134 valence electrons. The number of hydrogen-bond donors (Lipinski definition) is 2. The van der Waals surface area contributed by atoms with Gasteiger partial charge in [0.05, 0.1) is 13.0 Å². The van der Waals surface area contributed by atoms with Crippen molar-refractivity contribution < 1.29 is 9.59 Å². The maximum absolute atomic E-state index is 12.6. The van der Waals surface area contributed by atoms with Crippen LogP contribution in [-0.2, 0) is 16.0 Å². The Morgan fingerprint density at radius 2 is 1.88 bits per heavy atom. The molecule has 2 aromatic rings. The Hall–Kier alpha value is -2.34. The molecule has 1 saturated heterocycles. The highest BCUT2D eigenvalue weighted by Gasteiger charge is 2.23. The normalized spacial score (nSPS) is 15.7. The van der Waals surface area contributed by atoms with E-state index in [-0.39, 0.29) is 17.9 Å². The van der Waals surface area contributed by atoms with E-state index < -0.39 is 0 Å². The van der Waals surface area contributed by atoms with Gasteiger partial charge in [-0.05, 0) is 25.5 Å². The van der Waals surface area contributed by atoms with Gasteiger partial charge < -0.3 is 15.2 Å². The van der Waals surface area contributed by atoms with Gasteiger partial charge in [0.15, 0.2) is 0 Å². The highest BCUT2D eigenvalue weighted by molar-refractivity contribution is 5.89. The van der Waals surface area contributed by atoms with Crippen LogP contribution in [0.5, 0.6) is 0 Å². The molecule has 0 radical (unpaired) electrons. The zero-order valence-electron chi connectivity index (χ0n) is 14.9. The smallest absolute Gasteiger partial charge is 0.234 e. The Kier molecular flexibility index (Phi) is 5.38. The average Bonchev–Trinajstić information content (AvgIpc) is 2.98. The molecule has 1 aliphatic rings. The lowest BCUT2D eigenvalue weighted by Crippen LogP contribution is -2.51. The summed E-state index contributed by atoms with van der Waals surface area (Å²) in [7, 11) is 0. The van der Waals surface area contributed by atoms with Gasteiger partial charge in [-0.1, -0.05) is 18.2 Å². The van der Waals surface area contributed by atoms with Gasteiger partial charge in [0, 0.05) is 49.3 Å². The quantitative estimate of drug-likeness (QED) is 0.863. The molecule has 1 aliphatic heterocycles. The minimum atomic E-state index is 0.0496. The lowest BCUT2D eigenvalue weighted by atomic mass is 10.1. The van der Waals surface area contributed by atoms with E-state index in [0.29, 0.717) is 26.1 Å². The van der Waals surface area contributed by atoms with Crippen molar-refractivity contribution in [1.82, 2.24) is 20.1 Å². The fourth-order valence-corrected chi connectivity index (χ4v) is 3.28. The molecule has 25 heavy (non-hydrogen) atoms. The summed E-state index contributed by atoms with van der Waals surface area (Å²) >= 11 is 0. The number of nitrogens with one attached hydrogen (secondary N) is 2. The third-order valence-corrected chi connectivity index (χ3v) is 4.56. The standard InChI is InChI=1S/C19H26N4O2/c1-14(2)21-18(24)13-22-7-9-23(10-8-22)19(25)11-15-12-20-17-6-4-3-5-16(15)17/h3-6,12,14,20H,7-11,13H2,1-2H3,(H,21,24). The van der Waals surface area contributed by atoms with Gasteiger partial charge in [-0.25, -0.2) is 0 Å². The molecular weight excluding hydrogens is 316 g/mol. The molecule has 2 amide bonds. The van der Waals surface area contributed by atoms with Crippen molar-refractivity contribution in [3.8, 4) is 0 Å². The first-order valence-corrected chi connectivity index (χ1v) is 8.87. The molecule has 0 spiro atoms. The minimum Gasteiger partial charge on any atom is -0.361 e. The molecule has 1 fully saturated rings. The molecule has 6 nitrogen and oxygen atoms in total. The van der Waals surface area contributed by atoms with Crippen LogP contribution in [0.4, 0.5) is 0 Å². The monoisotopic (exact) mass is 342 g/mol. The summed E-state index contributed by atoms with van der Waals surface area (Å²) in [5, 5.41) is 4.02. The lowest BCUT2D eigenvalue weighted by molar-refractivity contribution is -0.132. The molecule has 6 heteroatoms. The molecule has 3 rings (SSSR count). The molecule has 0 unspecified atom stereocenters. The van der Waals surface area contributed by atoms with Gasteiger partial charge in [-0.15, -0.1) is 0 Å². The molecule has 1 aromatic carbocycles. The fourth-order valence-electron chi connectivity index (χ4n) is 3.28. The van der Waals surface area contributed by atoms with Crippen molar-refractivity contribution in [3.05, 3.63) is 36.0 Å². The predicted molar refractivity (Wildman–Crippen MR) is 98.3 cm³/mol. The fraction of sp³-hybridized carbons (Fsp3) is 0.474. The molecule has 2 heterocycles. The molecule has 0 bridgehead atoms. The van der Waals surface area contributed by atoms with Gasteiger partial charge in [0.2, 0.25) is 11.8 Å². The number of piperazine rings is 1. The Balaban J connectivity index is 1.51. The molecule has 1 aromatic heterocycles. The Labute approximate surface area is 148 Å². The van der Waals surface area contributed by atoms with Crippen LogP contribution >= 0.6 is 0 Å². The number of rotatable bonds is 5. The van der Waals surface area contributed by atoms with E-state index in [9.17, 15) is 9.59 Å². The largest absolute Gasteiger partial charge is 0.361 e. The van der Waals surface area contributed by atoms with Crippen molar-refractivity contribution in [1.29, 1.82) is 0 Å². The molecule has 0 atom stereocenters. The van der Waals surface area contributed by atoms with Crippen molar-refractivity contribution >= 4 is 22.7 Å². The number of fused-ring (bicyclic) bond motifs is 1. The minimum absolute atomic E-state index is 0.0496. The third kappa shape index (κ3) is 4.39. The number of aromatic nitrogens is 1. The van der Waals surface area contributed by atoms with E-state index in [1.807, 2.05) is 49.2 Å². The highest BCUT2D eigenvalue weighted by atomic mass is 16.2. The molecule has 2 N–H and O–H groups in total. The van der Waals surface area contributed by atoms with Crippen molar-refractivity contribution in [3.63, 3.8) is 0 Å². The summed E-state index contributed by atoms with van der Waals surface area (Å²) in [4.78, 5) is 31.7. The predicted octanol–water partition coefficient (Wildman–Crippen LogP) is 1.38. The van der Waals surface area contributed by atoms with Crippen LogP contribution in [0.2, 0.25) is 0 Å². The summed E-state index contributed by atoms with van der Waals surface area (Å²) < 4.78 is 0. The zero-order chi connectivity index (χ0) is 17.8. The van der Waals surface area contributed by atoms with E-state index >= 15 is 0 Å². The second kappa shape index (κ2) is 7.70. The van der Waals surface area contributed by atoms with Crippen LogP contribution in [0.15, 0.2) is 30.5 Å². The van der Waals surface area contributed by atoms with Crippen LogP contribution in [0.1, 0.15) is 19.4 Å². The third-order valence-electron chi connectivity index (χ3n) is 4.56. The first kappa shape index (κ1) is 17.5. The number of amides is 2. The van der Waals surface area contributed by atoms with Crippen LogP contribution in [-0.4, -0.2) is 65.4 Å². The highest BCUT2D eigenvalue weighted by Crippen LogP contribution is 2.19. The molecule has 0 saturated carbocycles. The van der Waals surface area contributed by atoms with E-state index in [1.54, 1.807) is 0 Å². The van der Waals surface area contributed by atoms with Crippen LogP contribution in [0, 0.1) is 0 Å². The summed E-state index contributed by atoms with van der Waals surface area (Å²) in [5.74, 6) is 0.199. The van der Waals surface area contributed by atoms with Crippen LogP contribution in [0.3, 0.4) is 0 Å². The summed E-state index contributed by atoms with van der Waals surface area (Å²) in [6.45, 7) is 7.16. The summed E-state index contributed by atoms with van der Waals surface area (Å²) in [5.41, 5.74) is 2.10.